The molecule has 0 atom stereocenters. The predicted molar refractivity (Wildman–Crippen MR) is 123 cm³/mol. The zero-order valence-electron chi connectivity index (χ0n) is 18.8. The van der Waals surface area contributed by atoms with Crippen LogP contribution < -0.4 is 0 Å². The molecule has 2 fully saturated rings. The Morgan fingerprint density at radius 2 is 1.70 bits per heavy atom. The van der Waals surface area contributed by atoms with Gasteiger partial charge in [0, 0.05) is 18.6 Å². The summed E-state index contributed by atoms with van der Waals surface area (Å²) in [5.41, 5.74) is 4.44. The molecule has 0 spiro atoms. The van der Waals surface area contributed by atoms with E-state index >= 15 is 0 Å². The molecule has 30 heavy (non-hydrogen) atoms. The number of aliphatic hydroxyl groups excluding tert-OH is 1. The Balaban J connectivity index is 1.61. The maximum atomic E-state index is 11.7. The lowest BCUT2D eigenvalue weighted by Crippen LogP contribution is -2.23. The number of aryl methyl sites for hydroxylation is 1. The first-order valence-corrected chi connectivity index (χ1v) is 12.1. The Kier molecular flexibility index (Phi) is 8.99. The summed E-state index contributed by atoms with van der Waals surface area (Å²) in [6.07, 6.45) is 15.0. The van der Waals surface area contributed by atoms with Gasteiger partial charge in [0.05, 0.1) is 6.61 Å². The van der Waals surface area contributed by atoms with Gasteiger partial charge in [-0.2, -0.15) is 0 Å². The van der Waals surface area contributed by atoms with Crippen LogP contribution in [0.3, 0.4) is 0 Å². The van der Waals surface area contributed by atoms with Crippen molar-refractivity contribution in [3.05, 3.63) is 47.0 Å². The first-order chi connectivity index (χ1) is 14.6. The second-order valence-corrected chi connectivity index (χ2v) is 9.53. The smallest absolute Gasteiger partial charge is 0.333 e. The van der Waals surface area contributed by atoms with Crippen molar-refractivity contribution in [2.45, 2.75) is 89.9 Å². The zero-order chi connectivity index (χ0) is 21.3. The number of esters is 1. The largest absolute Gasteiger partial charge is 0.462 e. The Hall–Kier alpha value is -1.61. The number of rotatable bonds is 9. The third-order valence-corrected chi connectivity index (χ3v) is 7.35. The molecule has 0 amide bonds. The SMILES string of the molecule is C=C(C)C(=O)OCCc1cc(C2CCC(C3CCCCC3)CC2)ccc1CCCO. The van der Waals surface area contributed by atoms with Gasteiger partial charge in [0.2, 0.25) is 0 Å². The Bertz CT molecular complexity index is 694. The van der Waals surface area contributed by atoms with Crippen molar-refractivity contribution >= 4 is 5.97 Å². The van der Waals surface area contributed by atoms with Gasteiger partial charge in [0.25, 0.3) is 0 Å². The molecular formula is C27H40O3. The Labute approximate surface area is 182 Å². The Morgan fingerprint density at radius 1 is 1.00 bits per heavy atom. The van der Waals surface area contributed by atoms with Crippen LogP contribution in [0.2, 0.25) is 0 Å². The van der Waals surface area contributed by atoms with E-state index in [1.807, 2.05) is 0 Å². The van der Waals surface area contributed by atoms with Crippen molar-refractivity contribution in [3.8, 4) is 0 Å². The highest BCUT2D eigenvalue weighted by molar-refractivity contribution is 5.86. The molecule has 2 saturated carbocycles. The molecule has 0 aliphatic heterocycles. The topological polar surface area (TPSA) is 46.5 Å². The normalized spacial score (nSPS) is 22.6. The predicted octanol–water partition coefficient (Wildman–Crippen LogP) is 6.13. The summed E-state index contributed by atoms with van der Waals surface area (Å²) in [6.45, 7) is 5.92. The molecule has 1 aromatic carbocycles. The summed E-state index contributed by atoms with van der Waals surface area (Å²) >= 11 is 0. The molecule has 0 aromatic heterocycles. The summed E-state index contributed by atoms with van der Waals surface area (Å²) < 4.78 is 5.35. The lowest BCUT2D eigenvalue weighted by molar-refractivity contribution is -0.138. The number of carbonyl (C=O) groups is 1. The van der Waals surface area contributed by atoms with Gasteiger partial charge in [-0.05, 0) is 79.9 Å². The first kappa shape index (κ1) is 23.1. The fourth-order valence-corrected chi connectivity index (χ4v) is 5.55. The van der Waals surface area contributed by atoms with E-state index in [0.717, 1.165) is 31.1 Å². The maximum Gasteiger partial charge on any atom is 0.333 e. The molecule has 0 bridgehead atoms. The summed E-state index contributed by atoms with van der Waals surface area (Å²) in [6, 6.07) is 6.91. The summed E-state index contributed by atoms with van der Waals surface area (Å²) in [5, 5.41) is 9.24. The van der Waals surface area contributed by atoms with Gasteiger partial charge >= 0.3 is 5.97 Å². The molecule has 0 unspecified atom stereocenters. The standard InChI is InChI=1S/C27H40O3/c1-20(2)27(29)30-18-16-26-19-25(15-14-22(26)9-6-17-28)24-12-10-23(11-13-24)21-7-4-3-5-8-21/h14-15,19,21,23-24,28H,1,3-13,16-18H2,2H3. The number of hydrogen-bond acceptors (Lipinski definition) is 3. The van der Waals surface area contributed by atoms with Crippen molar-refractivity contribution in [2.75, 3.05) is 13.2 Å². The van der Waals surface area contributed by atoms with E-state index in [2.05, 4.69) is 24.8 Å². The molecule has 166 valence electrons. The molecule has 3 rings (SSSR count). The van der Waals surface area contributed by atoms with Crippen LogP contribution in [0.15, 0.2) is 30.4 Å². The minimum Gasteiger partial charge on any atom is -0.462 e. The molecule has 0 heterocycles. The minimum atomic E-state index is -0.316. The maximum absolute atomic E-state index is 11.7. The molecule has 1 N–H and O–H groups in total. The molecular weight excluding hydrogens is 372 g/mol. The van der Waals surface area contributed by atoms with Crippen molar-refractivity contribution in [3.63, 3.8) is 0 Å². The highest BCUT2D eigenvalue weighted by Gasteiger charge is 2.29. The fourth-order valence-electron chi connectivity index (χ4n) is 5.55. The van der Waals surface area contributed by atoms with Crippen molar-refractivity contribution in [1.29, 1.82) is 0 Å². The van der Waals surface area contributed by atoms with Gasteiger partial charge in [-0.3, -0.25) is 0 Å². The van der Waals surface area contributed by atoms with Crippen molar-refractivity contribution in [1.82, 2.24) is 0 Å². The Morgan fingerprint density at radius 3 is 2.37 bits per heavy atom. The summed E-state index contributed by atoms with van der Waals surface area (Å²) in [5.74, 6) is 2.28. The van der Waals surface area contributed by atoms with Gasteiger partial charge in [0.1, 0.15) is 0 Å². The van der Waals surface area contributed by atoms with Gasteiger partial charge in [-0.25, -0.2) is 4.79 Å². The molecule has 2 aliphatic rings. The van der Waals surface area contributed by atoms with Crippen LogP contribution in [-0.2, 0) is 22.4 Å². The monoisotopic (exact) mass is 412 g/mol. The van der Waals surface area contributed by atoms with E-state index in [-0.39, 0.29) is 12.6 Å². The van der Waals surface area contributed by atoms with Crippen LogP contribution in [0.1, 0.15) is 93.7 Å². The van der Waals surface area contributed by atoms with Gasteiger partial charge in [-0.15, -0.1) is 0 Å². The number of carbonyl (C=O) groups excluding carboxylic acids is 1. The number of benzene rings is 1. The molecule has 2 aliphatic carbocycles. The zero-order valence-corrected chi connectivity index (χ0v) is 18.8. The number of hydrogen-bond donors (Lipinski definition) is 1. The molecule has 1 aromatic rings. The lowest BCUT2D eigenvalue weighted by Gasteiger charge is -2.36. The quantitative estimate of drug-likeness (QED) is 0.392. The van der Waals surface area contributed by atoms with Gasteiger partial charge in [-0.1, -0.05) is 56.9 Å². The second kappa shape index (κ2) is 11.7. The van der Waals surface area contributed by atoms with Gasteiger partial charge in [0.15, 0.2) is 0 Å². The highest BCUT2D eigenvalue weighted by Crippen LogP contribution is 2.43. The van der Waals surface area contributed by atoms with E-state index in [9.17, 15) is 9.90 Å². The van der Waals surface area contributed by atoms with E-state index < -0.39 is 0 Å². The second-order valence-electron chi connectivity index (χ2n) is 9.53. The third kappa shape index (κ3) is 6.44. The van der Waals surface area contributed by atoms with Crippen LogP contribution >= 0.6 is 0 Å². The van der Waals surface area contributed by atoms with E-state index in [1.54, 1.807) is 6.92 Å². The van der Waals surface area contributed by atoms with Crippen LogP contribution in [0, 0.1) is 11.8 Å². The molecule has 3 heteroatoms. The fraction of sp³-hybridized carbons (Fsp3) is 0.667. The number of aliphatic hydroxyl groups is 1. The van der Waals surface area contributed by atoms with Crippen LogP contribution in [0.25, 0.3) is 0 Å². The molecule has 3 nitrogen and oxygen atoms in total. The van der Waals surface area contributed by atoms with Crippen molar-refractivity contribution in [2.24, 2.45) is 11.8 Å². The van der Waals surface area contributed by atoms with Crippen LogP contribution in [0.5, 0.6) is 0 Å². The van der Waals surface area contributed by atoms with E-state index in [4.69, 9.17) is 4.74 Å². The van der Waals surface area contributed by atoms with E-state index in [0.29, 0.717) is 18.1 Å². The van der Waals surface area contributed by atoms with Crippen LogP contribution in [0.4, 0.5) is 0 Å². The van der Waals surface area contributed by atoms with Crippen LogP contribution in [-0.4, -0.2) is 24.3 Å². The summed E-state index contributed by atoms with van der Waals surface area (Å²) in [7, 11) is 0. The third-order valence-electron chi connectivity index (χ3n) is 7.35. The molecule has 0 radical (unpaired) electrons. The minimum absolute atomic E-state index is 0.205. The average Bonchev–Trinajstić information content (AvgIpc) is 2.78. The number of ether oxygens (including phenoxy) is 1. The average molecular weight is 413 g/mol. The van der Waals surface area contributed by atoms with Crippen molar-refractivity contribution < 1.29 is 14.6 Å². The highest BCUT2D eigenvalue weighted by atomic mass is 16.5. The first-order valence-electron chi connectivity index (χ1n) is 12.1. The summed E-state index contributed by atoms with van der Waals surface area (Å²) in [4.78, 5) is 11.7. The lowest BCUT2D eigenvalue weighted by atomic mass is 9.70. The molecule has 0 saturated heterocycles. The van der Waals surface area contributed by atoms with Gasteiger partial charge < -0.3 is 9.84 Å². The van der Waals surface area contributed by atoms with E-state index in [1.165, 1.54) is 74.5 Å².